The van der Waals surface area contributed by atoms with Gasteiger partial charge in [-0.15, -0.1) is 0 Å². The van der Waals surface area contributed by atoms with Gasteiger partial charge in [-0.25, -0.2) is 0 Å². The summed E-state index contributed by atoms with van der Waals surface area (Å²) in [6, 6.07) is 16.7. The zero-order chi connectivity index (χ0) is 18.6. The third-order valence-electron chi connectivity index (χ3n) is 5.57. The Hall–Kier alpha value is -2.66. The van der Waals surface area contributed by atoms with E-state index in [0.29, 0.717) is 26.2 Å². The number of hydrogen-bond acceptors (Lipinski definition) is 3. The van der Waals surface area contributed by atoms with Crippen LogP contribution in [0.1, 0.15) is 27.0 Å². The summed E-state index contributed by atoms with van der Waals surface area (Å²) in [5.74, 6) is 0.0546. The van der Waals surface area contributed by atoms with E-state index in [2.05, 4.69) is 41.3 Å². The number of benzene rings is 2. The fraction of sp³-hybridized carbons (Fsp3) is 0.364. The van der Waals surface area contributed by atoms with E-state index in [4.69, 9.17) is 0 Å². The second-order valence-electron chi connectivity index (χ2n) is 7.36. The normalized spacial score (nSPS) is 17.5. The number of nitrogens with zero attached hydrogens (tertiary/aromatic N) is 3. The molecule has 0 spiro atoms. The van der Waals surface area contributed by atoms with Gasteiger partial charge in [-0.3, -0.25) is 14.5 Å². The van der Waals surface area contributed by atoms with E-state index in [1.54, 1.807) is 4.90 Å². The number of carbonyl (C=O) groups excluding carboxylic acids is 2. The molecule has 0 N–H and O–H groups in total. The minimum Gasteiger partial charge on any atom is -0.342 e. The second kappa shape index (κ2) is 7.92. The predicted octanol–water partition coefficient (Wildman–Crippen LogP) is 2.16. The summed E-state index contributed by atoms with van der Waals surface area (Å²) in [5.41, 5.74) is 4.84. The van der Waals surface area contributed by atoms with Crippen molar-refractivity contribution in [2.75, 3.05) is 32.7 Å². The average Bonchev–Trinajstić information content (AvgIpc) is 2.74. The van der Waals surface area contributed by atoms with Crippen LogP contribution in [-0.2, 0) is 24.3 Å². The molecule has 2 amide bonds. The van der Waals surface area contributed by atoms with Gasteiger partial charge in [0.1, 0.15) is 0 Å². The lowest BCUT2D eigenvalue weighted by Crippen LogP contribution is -2.48. The summed E-state index contributed by atoms with van der Waals surface area (Å²) in [6.45, 7) is 5.39. The van der Waals surface area contributed by atoms with Crippen LogP contribution in [0.5, 0.6) is 0 Å². The molecule has 2 aliphatic heterocycles. The van der Waals surface area contributed by atoms with E-state index < -0.39 is 0 Å². The molecule has 5 heteroatoms. The zero-order valence-corrected chi connectivity index (χ0v) is 15.5. The van der Waals surface area contributed by atoms with Gasteiger partial charge < -0.3 is 9.80 Å². The summed E-state index contributed by atoms with van der Waals surface area (Å²) < 4.78 is 0. The van der Waals surface area contributed by atoms with Gasteiger partial charge in [0, 0.05) is 51.4 Å². The maximum Gasteiger partial charge on any atom is 0.253 e. The molecule has 0 aromatic heterocycles. The van der Waals surface area contributed by atoms with E-state index in [0.717, 1.165) is 38.0 Å². The standard InChI is InChI=1S/C22H25N3O2/c26-17-23-11-13-25(14-12-23)22(27)20-7-5-18(6-8-20)15-24-10-9-19-3-1-2-4-21(19)16-24/h1-8,17H,9-16H2. The molecule has 0 atom stereocenters. The molecule has 0 saturated carbocycles. The third kappa shape index (κ3) is 4.03. The quantitative estimate of drug-likeness (QED) is 0.782. The van der Waals surface area contributed by atoms with Crippen LogP contribution in [0.4, 0.5) is 0 Å². The Kier molecular flexibility index (Phi) is 5.21. The first-order valence-corrected chi connectivity index (χ1v) is 9.59. The van der Waals surface area contributed by atoms with Crippen LogP contribution >= 0.6 is 0 Å². The third-order valence-corrected chi connectivity index (χ3v) is 5.57. The lowest BCUT2D eigenvalue weighted by atomic mass is 9.99. The largest absolute Gasteiger partial charge is 0.342 e. The molecule has 2 aliphatic rings. The van der Waals surface area contributed by atoms with Gasteiger partial charge in [0.2, 0.25) is 6.41 Å². The van der Waals surface area contributed by atoms with Gasteiger partial charge in [-0.2, -0.15) is 0 Å². The van der Waals surface area contributed by atoms with E-state index in [9.17, 15) is 9.59 Å². The lowest BCUT2D eigenvalue weighted by Gasteiger charge is -2.32. The van der Waals surface area contributed by atoms with Crippen LogP contribution in [-0.4, -0.2) is 59.7 Å². The van der Waals surface area contributed by atoms with Crippen molar-refractivity contribution in [2.24, 2.45) is 0 Å². The molecule has 27 heavy (non-hydrogen) atoms. The number of rotatable bonds is 4. The molecular weight excluding hydrogens is 338 g/mol. The van der Waals surface area contributed by atoms with Crippen molar-refractivity contribution in [3.63, 3.8) is 0 Å². The minimum atomic E-state index is 0.0546. The Morgan fingerprint density at radius 1 is 0.889 bits per heavy atom. The van der Waals surface area contributed by atoms with E-state index in [1.165, 1.54) is 16.7 Å². The minimum absolute atomic E-state index is 0.0546. The summed E-state index contributed by atoms with van der Waals surface area (Å²) in [6.07, 6.45) is 1.95. The lowest BCUT2D eigenvalue weighted by molar-refractivity contribution is -0.119. The van der Waals surface area contributed by atoms with Crippen LogP contribution < -0.4 is 0 Å². The van der Waals surface area contributed by atoms with Crippen molar-refractivity contribution in [2.45, 2.75) is 19.5 Å². The van der Waals surface area contributed by atoms with Crippen molar-refractivity contribution in [1.82, 2.24) is 14.7 Å². The summed E-state index contributed by atoms with van der Waals surface area (Å²) in [5, 5.41) is 0. The molecule has 1 fully saturated rings. The number of amides is 2. The molecule has 1 saturated heterocycles. The highest BCUT2D eigenvalue weighted by molar-refractivity contribution is 5.94. The maximum atomic E-state index is 12.6. The smallest absolute Gasteiger partial charge is 0.253 e. The van der Waals surface area contributed by atoms with E-state index in [-0.39, 0.29) is 5.91 Å². The van der Waals surface area contributed by atoms with Crippen LogP contribution in [0.15, 0.2) is 48.5 Å². The first-order valence-electron chi connectivity index (χ1n) is 9.59. The highest BCUT2D eigenvalue weighted by Gasteiger charge is 2.21. The molecule has 140 valence electrons. The Morgan fingerprint density at radius 3 is 2.30 bits per heavy atom. The molecule has 2 aromatic rings. The Morgan fingerprint density at radius 2 is 1.59 bits per heavy atom. The van der Waals surface area contributed by atoms with Crippen molar-refractivity contribution >= 4 is 12.3 Å². The van der Waals surface area contributed by atoms with Crippen molar-refractivity contribution in [1.29, 1.82) is 0 Å². The fourth-order valence-corrected chi connectivity index (χ4v) is 3.91. The molecule has 0 aliphatic carbocycles. The van der Waals surface area contributed by atoms with Crippen molar-refractivity contribution < 1.29 is 9.59 Å². The monoisotopic (exact) mass is 363 g/mol. The fourth-order valence-electron chi connectivity index (χ4n) is 3.91. The summed E-state index contributed by atoms with van der Waals surface area (Å²) >= 11 is 0. The molecule has 4 rings (SSSR count). The number of fused-ring (bicyclic) bond motifs is 1. The number of carbonyl (C=O) groups is 2. The Labute approximate surface area is 160 Å². The van der Waals surface area contributed by atoms with Gasteiger partial charge >= 0.3 is 0 Å². The molecule has 2 aromatic carbocycles. The first kappa shape index (κ1) is 17.7. The predicted molar refractivity (Wildman–Crippen MR) is 104 cm³/mol. The van der Waals surface area contributed by atoms with Gasteiger partial charge in [0.05, 0.1) is 0 Å². The van der Waals surface area contributed by atoms with E-state index >= 15 is 0 Å². The Bertz CT molecular complexity index is 811. The van der Waals surface area contributed by atoms with Crippen LogP contribution in [0.3, 0.4) is 0 Å². The molecule has 5 nitrogen and oxygen atoms in total. The molecule has 0 bridgehead atoms. The Balaban J connectivity index is 1.35. The van der Waals surface area contributed by atoms with Crippen LogP contribution in [0.25, 0.3) is 0 Å². The molecule has 2 heterocycles. The highest BCUT2D eigenvalue weighted by atomic mass is 16.2. The maximum absolute atomic E-state index is 12.6. The zero-order valence-electron chi connectivity index (χ0n) is 15.5. The first-order chi connectivity index (χ1) is 13.2. The molecule has 0 unspecified atom stereocenters. The van der Waals surface area contributed by atoms with Gasteiger partial charge in [-0.05, 0) is 35.2 Å². The summed E-state index contributed by atoms with van der Waals surface area (Å²) in [7, 11) is 0. The molecule has 0 radical (unpaired) electrons. The SMILES string of the molecule is O=CN1CCN(C(=O)c2ccc(CN3CCc4ccccc4C3)cc2)CC1. The average molecular weight is 363 g/mol. The van der Waals surface area contributed by atoms with E-state index in [1.807, 2.05) is 17.0 Å². The van der Waals surface area contributed by atoms with Gasteiger partial charge in [0.15, 0.2) is 0 Å². The van der Waals surface area contributed by atoms with Crippen LogP contribution in [0.2, 0.25) is 0 Å². The summed E-state index contributed by atoms with van der Waals surface area (Å²) in [4.78, 5) is 29.4. The van der Waals surface area contributed by atoms with Gasteiger partial charge in [-0.1, -0.05) is 36.4 Å². The highest BCUT2D eigenvalue weighted by Crippen LogP contribution is 2.20. The molecular formula is C22H25N3O2. The topological polar surface area (TPSA) is 43.9 Å². The number of hydrogen-bond donors (Lipinski definition) is 0. The second-order valence-corrected chi connectivity index (χ2v) is 7.36. The van der Waals surface area contributed by atoms with Crippen LogP contribution in [0, 0.1) is 0 Å². The van der Waals surface area contributed by atoms with Crippen molar-refractivity contribution in [3.05, 3.63) is 70.8 Å². The number of piperazine rings is 1. The van der Waals surface area contributed by atoms with Gasteiger partial charge in [0.25, 0.3) is 5.91 Å². The van der Waals surface area contributed by atoms with Crippen molar-refractivity contribution in [3.8, 4) is 0 Å².